The van der Waals surface area contributed by atoms with E-state index in [2.05, 4.69) is 29.8 Å². The van der Waals surface area contributed by atoms with Gasteiger partial charge in [0, 0.05) is 4.47 Å². The number of rotatable bonds is 3. The molecule has 0 unspecified atom stereocenters. The zero-order valence-electron chi connectivity index (χ0n) is 9.21. The third kappa shape index (κ3) is 3.06. The van der Waals surface area contributed by atoms with Gasteiger partial charge in [0.2, 0.25) is 0 Å². The van der Waals surface area contributed by atoms with Crippen molar-refractivity contribution in [2.75, 3.05) is 6.61 Å². The topological polar surface area (TPSA) is 26.3 Å². The minimum absolute atomic E-state index is 0.242. The van der Waals surface area contributed by atoms with Crippen LogP contribution in [0.2, 0.25) is 0 Å². The van der Waals surface area contributed by atoms with Crippen LogP contribution in [0.1, 0.15) is 42.6 Å². The van der Waals surface area contributed by atoms with E-state index in [1.54, 1.807) is 6.07 Å². The number of halogens is 1. The van der Waals surface area contributed by atoms with E-state index in [-0.39, 0.29) is 5.97 Å². The average Bonchev–Trinajstić information content (AvgIpc) is 2.17. The van der Waals surface area contributed by atoms with Crippen molar-refractivity contribution in [1.29, 1.82) is 0 Å². The summed E-state index contributed by atoms with van der Waals surface area (Å²) in [6.07, 6.45) is 0. The molecule has 1 rings (SSSR count). The van der Waals surface area contributed by atoms with E-state index in [9.17, 15) is 4.79 Å². The first kappa shape index (κ1) is 12.2. The maximum atomic E-state index is 11.6. The van der Waals surface area contributed by atoms with E-state index >= 15 is 0 Å². The fraction of sp³-hybridized carbons (Fsp3) is 0.417. The first-order valence-electron chi connectivity index (χ1n) is 5.02. The van der Waals surface area contributed by atoms with Gasteiger partial charge in [0.05, 0.1) is 12.2 Å². The van der Waals surface area contributed by atoms with E-state index in [0.29, 0.717) is 18.1 Å². The molecule has 0 fully saturated rings. The quantitative estimate of drug-likeness (QED) is 0.782. The van der Waals surface area contributed by atoms with Crippen molar-refractivity contribution in [3.05, 3.63) is 33.8 Å². The molecule has 3 heteroatoms. The highest BCUT2D eigenvalue weighted by atomic mass is 79.9. The van der Waals surface area contributed by atoms with Crippen LogP contribution in [-0.4, -0.2) is 12.6 Å². The summed E-state index contributed by atoms with van der Waals surface area (Å²) in [5, 5.41) is 0. The molecule has 0 saturated carbocycles. The van der Waals surface area contributed by atoms with Crippen LogP contribution in [-0.2, 0) is 4.74 Å². The molecule has 0 radical (unpaired) electrons. The normalized spacial score (nSPS) is 10.5. The lowest BCUT2D eigenvalue weighted by Gasteiger charge is -2.12. The van der Waals surface area contributed by atoms with Gasteiger partial charge in [-0.2, -0.15) is 0 Å². The Morgan fingerprint density at radius 1 is 1.47 bits per heavy atom. The van der Waals surface area contributed by atoms with E-state index in [0.717, 1.165) is 10.0 Å². The minimum atomic E-state index is -0.242. The summed E-state index contributed by atoms with van der Waals surface area (Å²) in [6.45, 7) is 6.34. The largest absolute Gasteiger partial charge is 0.462 e. The Bertz CT molecular complexity index is 359. The Hall–Kier alpha value is -0.830. The number of benzene rings is 1. The van der Waals surface area contributed by atoms with Gasteiger partial charge in [0.15, 0.2) is 0 Å². The fourth-order valence-electron chi connectivity index (χ4n) is 1.41. The number of hydrogen-bond acceptors (Lipinski definition) is 2. The Kier molecular flexibility index (Phi) is 4.33. The molecule has 0 bridgehead atoms. The maximum absolute atomic E-state index is 11.6. The second kappa shape index (κ2) is 5.31. The second-order valence-corrected chi connectivity index (χ2v) is 4.52. The van der Waals surface area contributed by atoms with Crippen molar-refractivity contribution in [2.24, 2.45) is 0 Å². The van der Waals surface area contributed by atoms with Gasteiger partial charge < -0.3 is 4.74 Å². The third-order valence-electron chi connectivity index (χ3n) is 2.13. The van der Waals surface area contributed by atoms with Crippen molar-refractivity contribution in [2.45, 2.75) is 26.7 Å². The number of carbonyl (C=O) groups excluding carboxylic acids is 1. The average molecular weight is 271 g/mol. The predicted octanol–water partition coefficient (Wildman–Crippen LogP) is 3.75. The molecule has 0 spiro atoms. The SMILES string of the molecule is CCOC(=O)c1ccc(Br)cc1C(C)C. The van der Waals surface area contributed by atoms with Gasteiger partial charge >= 0.3 is 5.97 Å². The van der Waals surface area contributed by atoms with Gasteiger partial charge in [-0.1, -0.05) is 29.8 Å². The van der Waals surface area contributed by atoms with Crippen molar-refractivity contribution in [3.8, 4) is 0 Å². The summed E-state index contributed by atoms with van der Waals surface area (Å²) in [6, 6.07) is 5.63. The van der Waals surface area contributed by atoms with Crippen molar-refractivity contribution < 1.29 is 9.53 Å². The van der Waals surface area contributed by atoms with E-state index in [1.807, 2.05) is 19.1 Å². The van der Waals surface area contributed by atoms with Gasteiger partial charge in [-0.05, 0) is 36.6 Å². The molecule has 0 N–H and O–H groups in total. The van der Waals surface area contributed by atoms with E-state index in [4.69, 9.17) is 4.74 Å². The van der Waals surface area contributed by atoms with Crippen molar-refractivity contribution in [1.82, 2.24) is 0 Å². The molecule has 0 atom stereocenters. The molecule has 1 aromatic carbocycles. The lowest BCUT2D eigenvalue weighted by atomic mass is 9.97. The highest BCUT2D eigenvalue weighted by molar-refractivity contribution is 9.10. The van der Waals surface area contributed by atoms with Gasteiger partial charge in [-0.3, -0.25) is 0 Å². The fourth-order valence-corrected chi connectivity index (χ4v) is 1.78. The number of carbonyl (C=O) groups is 1. The smallest absolute Gasteiger partial charge is 0.338 e. The summed E-state index contributed by atoms with van der Waals surface area (Å²) in [5.74, 6) is 0.0654. The van der Waals surface area contributed by atoms with Crippen molar-refractivity contribution in [3.63, 3.8) is 0 Å². The molecule has 2 nitrogen and oxygen atoms in total. The molecule has 82 valence electrons. The summed E-state index contributed by atoms with van der Waals surface area (Å²) in [7, 11) is 0. The van der Waals surface area contributed by atoms with Crippen LogP contribution in [0, 0.1) is 0 Å². The van der Waals surface area contributed by atoms with Crippen LogP contribution in [0.5, 0.6) is 0 Å². The zero-order chi connectivity index (χ0) is 11.4. The standard InChI is InChI=1S/C12H15BrO2/c1-4-15-12(14)10-6-5-9(13)7-11(10)8(2)3/h5-8H,4H2,1-3H3. The van der Waals surface area contributed by atoms with Gasteiger partial charge in [-0.15, -0.1) is 0 Å². The molecule has 0 aliphatic carbocycles. The second-order valence-electron chi connectivity index (χ2n) is 3.61. The maximum Gasteiger partial charge on any atom is 0.338 e. The van der Waals surface area contributed by atoms with Crippen molar-refractivity contribution >= 4 is 21.9 Å². The molecule has 1 aromatic rings. The summed E-state index contributed by atoms with van der Waals surface area (Å²) < 4.78 is 5.99. The van der Waals surface area contributed by atoms with E-state index < -0.39 is 0 Å². The molecule has 0 aromatic heterocycles. The Labute approximate surface area is 98.8 Å². The third-order valence-corrected chi connectivity index (χ3v) is 2.62. The lowest BCUT2D eigenvalue weighted by molar-refractivity contribution is 0.0524. The lowest BCUT2D eigenvalue weighted by Crippen LogP contribution is -2.08. The molecular weight excluding hydrogens is 256 g/mol. The van der Waals surface area contributed by atoms with Crippen LogP contribution in [0.4, 0.5) is 0 Å². The highest BCUT2D eigenvalue weighted by Crippen LogP contribution is 2.24. The van der Waals surface area contributed by atoms with Crippen LogP contribution < -0.4 is 0 Å². The Morgan fingerprint density at radius 2 is 2.13 bits per heavy atom. The van der Waals surface area contributed by atoms with Crippen LogP contribution in [0.15, 0.2) is 22.7 Å². The Morgan fingerprint density at radius 3 is 2.67 bits per heavy atom. The van der Waals surface area contributed by atoms with E-state index in [1.165, 1.54) is 0 Å². The predicted molar refractivity (Wildman–Crippen MR) is 64.2 cm³/mol. The molecule has 0 amide bonds. The van der Waals surface area contributed by atoms with Gasteiger partial charge in [0.1, 0.15) is 0 Å². The number of hydrogen-bond donors (Lipinski definition) is 0. The molecule has 0 saturated heterocycles. The van der Waals surface area contributed by atoms with Crippen LogP contribution in [0.25, 0.3) is 0 Å². The molecule has 0 aliphatic rings. The monoisotopic (exact) mass is 270 g/mol. The first-order chi connectivity index (χ1) is 7.06. The first-order valence-corrected chi connectivity index (χ1v) is 5.82. The number of ether oxygens (including phenoxy) is 1. The molecule has 0 heterocycles. The molecule has 0 aliphatic heterocycles. The van der Waals surface area contributed by atoms with Gasteiger partial charge in [0.25, 0.3) is 0 Å². The van der Waals surface area contributed by atoms with Crippen LogP contribution >= 0.6 is 15.9 Å². The highest BCUT2D eigenvalue weighted by Gasteiger charge is 2.14. The van der Waals surface area contributed by atoms with Crippen LogP contribution in [0.3, 0.4) is 0 Å². The number of esters is 1. The zero-order valence-corrected chi connectivity index (χ0v) is 10.8. The minimum Gasteiger partial charge on any atom is -0.462 e. The Balaban J connectivity index is 3.11. The van der Waals surface area contributed by atoms with Gasteiger partial charge in [-0.25, -0.2) is 4.79 Å². The summed E-state index contributed by atoms with van der Waals surface area (Å²) in [4.78, 5) is 11.6. The summed E-state index contributed by atoms with van der Waals surface area (Å²) in [5.41, 5.74) is 1.68. The summed E-state index contributed by atoms with van der Waals surface area (Å²) >= 11 is 3.40. The molecular formula is C12H15BrO2. The molecule has 15 heavy (non-hydrogen) atoms.